The average molecular weight is 374 g/mol. The van der Waals surface area contributed by atoms with E-state index in [1.807, 2.05) is 0 Å². The Labute approximate surface area is 154 Å². The zero-order chi connectivity index (χ0) is 18.3. The van der Waals surface area contributed by atoms with E-state index in [0.29, 0.717) is 17.3 Å². The van der Waals surface area contributed by atoms with Gasteiger partial charge in [0.1, 0.15) is 11.6 Å². The Bertz CT molecular complexity index is 985. The second kappa shape index (κ2) is 6.57. The van der Waals surface area contributed by atoms with Crippen molar-refractivity contribution in [3.8, 4) is 0 Å². The zero-order valence-electron chi connectivity index (χ0n) is 14.0. The van der Waals surface area contributed by atoms with Gasteiger partial charge in [0.05, 0.1) is 16.6 Å². The number of pyridine rings is 1. The van der Waals surface area contributed by atoms with E-state index < -0.39 is 11.8 Å². The van der Waals surface area contributed by atoms with Crippen molar-refractivity contribution in [2.24, 2.45) is 0 Å². The van der Waals surface area contributed by atoms with Crippen molar-refractivity contribution in [3.63, 3.8) is 0 Å². The first-order valence-electron chi connectivity index (χ1n) is 8.38. The molecule has 1 aromatic carbocycles. The maximum absolute atomic E-state index is 13.2. The van der Waals surface area contributed by atoms with E-state index in [9.17, 15) is 9.18 Å². The molecule has 8 heteroatoms. The Balaban J connectivity index is 1.44. The van der Waals surface area contributed by atoms with Crippen LogP contribution in [0.1, 0.15) is 43.0 Å². The molecule has 4 rings (SSSR count). The number of aromatic amines is 1. The minimum absolute atomic E-state index is 0.0219. The number of hydrogen-bond donors (Lipinski definition) is 3. The average Bonchev–Trinajstić information content (AvgIpc) is 3.36. The molecule has 0 radical (unpaired) electrons. The van der Waals surface area contributed by atoms with Crippen LogP contribution in [0.2, 0.25) is 5.02 Å². The first kappa shape index (κ1) is 16.8. The molecule has 0 spiro atoms. The lowest BCUT2D eigenvalue weighted by molar-refractivity contribution is 0.249. The molecule has 2 aromatic heterocycles. The number of halogens is 2. The van der Waals surface area contributed by atoms with Gasteiger partial charge in [-0.3, -0.25) is 10.4 Å². The molecule has 2 amide bonds. The summed E-state index contributed by atoms with van der Waals surface area (Å²) in [6.07, 6.45) is 4.07. The van der Waals surface area contributed by atoms with E-state index >= 15 is 0 Å². The highest BCUT2D eigenvalue weighted by molar-refractivity contribution is 6.30. The third-order valence-corrected chi connectivity index (χ3v) is 4.78. The molecule has 1 saturated carbocycles. The summed E-state index contributed by atoms with van der Waals surface area (Å²) >= 11 is 5.79. The highest BCUT2D eigenvalue weighted by atomic mass is 35.5. The summed E-state index contributed by atoms with van der Waals surface area (Å²) in [5.74, 6) is 0.467. The van der Waals surface area contributed by atoms with Gasteiger partial charge in [0.2, 0.25) is 0 Å². The predicted molar refractivity (Wildman–Crippen MR) is 97.8 cm³/mol. The zero-order valence-corrected chi connectivity index (χ0v) is 14.8. The summed E-state index contributed by atoms with van der Waals surface area (Å²) in [6, 6.07) is 5.33. The number of hydrogen-bond acceptors (Lipinski definition) is 3. The van der Waals surface area contributed by atoms with Crippen LogP contribution in [0, 0.1) is 5.82 Å². The van der Waals surface area contributed by atoms with E-state index in [1.165, 1.54) is 25.0 Å². The van der Waals surface area contributed by atoms with E-state index in [4.69, 9.17) is 11.6 Å². The fraction of sp³-hybridized carbons (Fsp3) is 0.278. The van der Waals surface area contributed by atoms with Gasteiger partial charge in [0, 0.05) is 29.3 Å². The van der Waals surface area contributed by atoms with Crippen LogP contribution in [0.5, 0.6) is 0 Å². The number of fused-ring (bicyclic) bond motifs is 1. The van der Waals surface area contributed by atoms with E-state index in [0.717, 1.165) is 16.6 Å². The molecule has 26 heavy (non-hydrogen) atoms. The molecule has 1 aliphatic carbocycles. The monoisotopic (exact) mass is 373 g/mol. The van der Waals surface area contributed by atoms with Crippen LogP contribution >= 0.6 is 11.6 Å². The number of nitrogens with zero attached hydrogens (tertiary/aromatic N) is 2. The molecule has 0 aliphatic heterocycles. The van der Waals surface area contributed by atoms with Gasteiger partial charge < -0.3 is 5.32 Å². The van der Waals surface area contributed by atoms with Gasteiger partial charge in [-0.1, -0.05) is 17.7 Å². The predicted octanol–water partition coefficient (Wildman–Crippen LogP) is 4.51. The van der Waals surface area contributed by atoms with Gasteiger partial charge in [-0.25, -0.2) is 14.2 Å². The van der Waals surface area contributed by atoms with Crippen LogP contribution in [0.4, 0.5) is 15.0 Å². The highest BCUT2D eigenvalue weighted by Gasteiger charge is 2.27. The third kappa shape index (κ3) is 3.35. The van der Waals surface area contributed by atoms with Crippen LogP contribution in [-0.4, -0.2) is 21.2 Å². The van der Waals surface area contributed by atoms with Crippen molar-refractivity contribution in [2.45, 2.75) is 31.7 Å². The number of benzene rings is 1. The molecular formula is C18H17ClFN5O. The van der Waals surface area contributed by atoms with Gasteiger partial charge in [-0.05, 0) is 37.5 Å². The molecule has 2 heterocycles. The van der Waals surface area contributed by atoms with Crippen molar-refractivity contribution in [1.29, 1.82) is 0 Å². The Morgan fingerprint density at radius 2 is 2.19 bits per heavy atom. The summed E-state index contributed by atoms with van der Waals surface area (Å²) in [5, 5.41) is 13.8. The number of rotatable bonds is 4. The van der Waals surface area contributed by atoms with Gasteiger partial charge in [-0.15, -0.1) is 0 Å². The number of nitrogens with one attached hydrogen (secondary N) is 3. The van der Waals surface area contributed by atoms with E-state index in [1.54, 1.807) is 25.3 Å². The minimum atomic E-state index is -0.492. The molecule has 0 unspecified atom stereocenters. The van der Waals surface area contributed by atoms with E-state index in [2.05, 4.69) is 25.8 Å². The van der Waals surface area contributed by atoms with Crippen molar-refractivity contribution < 1.29 is 9.18 Å². The van der Waals surface area contributed by atoms with Crippen molar-refractivity contribution in [2.75, 3.05) is 5.32 Å². The molecule has 1 aliphatic rings. The number of anilines is 1. The lowest BCUT2D eigenvalue weighted by atomic mass is 10.1. The molecule has 134 valence electrons. The van der Waals surface area contributed by atoms with Gasteiger partial charge >= 0.3 is 6.03 Å². The summed E-state index contributed by atoms with van der Waals surface area (Å²) in [5.41, 5.74) is 2.59. The largest absolute Gasteiger partial charge is 0.331 e. The third-order valence-electron chi connectivity index (χ3n) is 4.49. The standard InChI is InChI=1S/C18H17ClFN5O/c1-9(11-4-5-14(20)13(19)6-11)22-18(26)23-16-7-15-12(8-21-16)17(25-24-15)10-2-3-10/h4-10H,2-3H2,1H3,(H,24,25)(H2,21,22,23,26)/t9-/m1/s1. The molecule has 0 saturated heterocycles. The van der Waals surface area contributed by atoms with Gasteiger partial charge in [-0.2, -0.15) is 5.10 Å². The highest BCUT2D eigenvalue weighted by Crippen LogP contribution is 2.41. The number of urea groups is 1. The maximum atomic E-state index is 13.2. The van der Waals surface area contributed by atoms with Gasteiger partial charge in [0.15, 0.2) is 0 Å². The van der Waals surface area contributed by atoms with Crippen LogP contribution in [-0.2, 0) is 0 Å². The molecule has 6 nitrogen and oxygen atoms in total. The summed E-state index contributed by atoms with van der Waals surface area (Å²) < 4.78 is 13.2. The van der Waals surface area contributed by atoms with Crippen molar-refractivity contribution >= 4 is 34.4 Å². The number of carbonyl (C=O) groups excluding carboxylic acids is 1. The molecular weight excluding hydrogens is 357 g/mol. The summed E-state index contributed by atoms with van der Waals surface area (Å²) in [7, 11) is 0. The van der Waals surface area contributed by atoms with Crippen molar-refractivity contribution in [3.05, 3.63) is 52.6 Å². The smallest absolute Gasteiger partial charge is 0.320 e. The van der Waals surface area contributed by atoms with Crippen LogP contribution in [0.25, 0.3) is 10.9 Å². The fourth-order valence-corrected chi connectivity index (χ4v) is 3.08. The summed E-state index contributed by atoms with van der Waals surface area (Å²) in [6.45, 7) is 1.79. The Morgan fingerprint density at radius 3 is 2.92 bits per heavy atom. The Morgan fingerprint density at radius 1 is 1.38 bits per heavy atom. The number of carbonyl (C=O) groups is 1. The molecule has 0 bridgehead atoms. The number of amides is 2. The Kier molecular flexibility index (Phi) is 4.24. The second-order valence-electron chi connectivity index (χ2n) is 6.49. The summed E-state index contributed by atoms with van der Waals surface area (Å²) in [4.78, 5) is 16.5. The van der Waals surface area contributed by atoms with Crippen molar-refractivity contribution in [1.82, 2.24) is 20.5 Å². The number of aromatic nitrogens is 3. The molecule has 1 atom stereocenters. The lowest BCUT2D eigenvalue weighted by Crippen LogP contribution is -2.31. The van der Waals surface area contributed by atoms with E-state index in [-0.39, 0.29) is 11.1 Å². The SMILES string of the molecule is C[C@@H](NC(=O)Nc1cc2n[nH]c(C3CC3)c2cn1)c1ccc(F)c(Cl)c1. The lowest BCUT2D eigenvalue weighted by Gasteiger charge is -2.15. The molecule has 1 fully saturated rings. The first-order chi connectivity index (χ1) is 12.5. The Hall–Kier alpha value is -2.67. The maximum Gasteiger partial charge on any atom is 0.320 e. The number of H-pyrrole nitrogens is 1. The van der Waals surface area contributed by atoms with Crippen LogP contribution in [0.3, 0.4) is 0 Å². The first-order valence-corrected chi connectivity index (χ1v) is 8.75. The van der Waals surface area contributed by atoms with Crippen LogP contribution < -0.4 is 10.6 Å². The fourth-order valence-electron chi connectivity index (χ4n) is 2.89. The van der Waals surface area contributed by atoms with Crippen LogP contribution in [0.15, 0.2) is 30.5 Å². The molecule has 3 N–H and O–H groups in total. The topological polar surface area (TPSA) is 82.7 Å². The van der Waals surface area contributed by atoms with Gasteiger partial charge in [0.25, 0.3) is 0 Å². The normalized spacial score (nSPS) is 15.0. The quantitative estimate of drug-likeness (QED) is 0.629. The second-order valence-corrected chi connectivity index (χ2v) is 6.90. The minimum Gasteiger partial charge on any atom is -0.331 e. The molecule has 3 aromatic rings.